The summed E-state index contributed by atoms with van der Waals surface area (Å²) in [5, 5.41) is 6.97. The van der Waals surface area contributed by atoms with Crippen LogP contribution in [0, 0.1) is 0 Å². The molecular weight excluding hydrogens is 264 g/mol. The molecule has 2 heterocycles. The molecule has 1 amide bonds. The highest BCUT2D eigenvalue weighted by Crippen LogP contribution is 2.22. The topological polar surface area (TPSA) is 32.3 Å². The van der Waals surface area contributed by atoms with Gasteiger partial charge in [-0.15, -0.1) is 22.7 Å². The fraction of sp³-hybridized carbons (Fsp3) is 0.308. The molecule has 0 bridgehead atoms. The summed E-state index contributed by atoms with van der Waals surface area (Å²) in [5.41, 5.74) is 0. The third kappa shape index (κ3) is 3.19. The van der Waals surface area contributed by atoms with Crippen molar-refractivity contribution in [3.05, 3.63) is 44.8 Å². The first kappa shape index (κ1) is 13.3. The second-order valence-electron chi connectivity index (χ2n) is 4.18. The van der Waals surface area contributed by atoms with Gasteiger partial charge >= 0.3 is 0 Å². The monoisotopic (exact) mass is 280 g/mol. The predicted octanol–water partition coefficient (Wildman–Crippen LogP) is 2.84. The van der Waals surface area contributed by atoms with Crippen molar-refractivity contribution < 1.29 is 4.79 Å². The van der Waals surface area contributed by atoms with E-state index >= 15 is 0 Å². The van der Waals surface area contributed by atoms with Crippen LogP contribution in [0.5, 0.6) is 0 Å². The lowest BCUT2D eigenvalue weighted by Gasteiger charge is -2.23. The molecule has 0 saturated heterocycles. The number of thiophene rings is 2. The largest absolute Gasteiger partial charge is 0.349 e. The Bertz CT molecular complexity index is 477. The van der Waals surface area contributed by atoms with E-state index in [2.05, 4.69) is 21.7 Å². The van der Waals surface area contributed by atoms with E-state index in [-0.39, 0.29) is 11.9 Å². The summed E-state index contributed by atoms with van der Waals surface area (Å²) in [7, 11) is 4.06. The van der Waals surface area contributed by atoms with Crippen molar-refractivity contribution in [2.24, 2.45) is 0 Å². The molecule has 96 valence electrons. The second kappa shape index (κ2) is 6.13. The average Bonchev–Trinajstić information content (AvgIpc) is 3.01. The zero-order chi connectivity index (χ0) is 13.0. The lowest BCUT2D eigenvalue weighted by Crippen LogP contribution is -2.33. The van der Waals surface area contributed by atoms with Gasteiger partial charge in [0.15, 0.2) is 0 Å². The molecule has 1 atom stereocenters. The van der Waals surface area contributed by atoms with Gasteiger partial charge in [0.2, 0.25) is 0 Å². The Hall–Kier alpha value is -1.17. The first-order valence-electron chi connectivity index (χ1n) is 5.70. The van der Waals surface area contributed by atoms with E-state index < -0.39 is 0 Å². The standard InChI is InChI=1S/C13H16N2OS2/c1-15(2)10(11-5-3-7-17-11)9-14-13(16)12-6-4-8-18-12/h3-8,10H,9H2,1-2H3,(H,14,16)/t10-/m0/s1. The summed E-state index contributed by atoms with van der Waals surface area (Å²) in [5.74, 6) is 0.00778. The molecule has 0 radical (unpaired) electrons. The number of nitrogens with one attached hydrogen (secondary N) is 1. The molecule has 0 aliphatic rings. The van der Waals surface area contributed by atoms with Gasteiger partial charge in [-0.2, -0.15) is 0 Å². The lowest BCUT2D eigenvalue weighted by molar-refractivity contribution is 0.0946. The van der Waals surface area contributed by atoms with Crippen LogP contribution in [-0.4, -0.2) is 31.4 Å². The molecule has 18 heavy (non-hydrogen) atoms. The smallest absolute Gasteiger partial charge is 0.261 e. The Morgan fingerprint density at radius 1 is 1.28 bits per heavy atom. The number of nitrogens with zero attached hydrogens (tertiary/aromatic N) is 1. The van der Waals surface area contributed by atoms with Crippen molar-refractivity contribution in [3.63, 3.8) is 0 Å². The fourth-order valence-corrected chi connectivity index (χ4v) is 3.27. The number of carbonyl (C=O) groups is 1. The van der Waals surface area contributed by atoms with Crippen molar-refractivity contribution >= 4 is 28.6 Å². The highest BCUT2D eigenvalue weighted by molar-refractivity contribution is 7.12. The van der Waals surface area contributed by atoms with Gasteiger partial charge < -0.3 is 10.2 Å². The molecule has 0 aromatic carbocycles. The number of rotatable bonds is 5. The van der Waals surface area contributed by atoms with Gasteiger partial charge in [0.25, 0.3) is 5.91 Å². The normalized spacial score (nSPS) is 12.6. The van der Waals surface area contributed by atoms with Gasteiger partial charge in [-0.3, -0.25) is 4.79 Å². The Balaban J connectivity index is 1.97. The maximum Gasteiger partial charge on any atom is 0.261 e. The molecule has 0 unspecified atom stereocenters. The molecule has 1 N–H and O–H groups in total. The van der Waals surface area contributed by atoms with E-state index in [0.29, 0.717) is 6.54 Å². The van der Waals surface area contributed by atoms with Crippen LogP contribution in [0.15, 0.2) is 35.0 Å². The maximum absolute atomic E-state index is 11.9. The van der Waals surface area contributed by atoms with Crippen LogP contribution in [0.2, 0.25) is 0 Å². The van der Waals surface area contributed by atoms with E-state index in [1.54, 1.807) is 11.3 Å². The van der Waals surface area contributed by atoms with Gasteiger partial charge in [0, 0.05) is 11.4 Å². The van der Waals surface area contributed by atoms with Crippen LogP contribution in [0.3, 0.4) is 0 Å². The fourth-order valence-electron chi connectivity index (χ4n) is 1.70. The number of amides is 1. The quantitative estimate of drug-likeness (QED) is 0.913. The Morgan fingerprint density at radius 2 is 2.00 bits per heavy atom. The molecule has 2 aromatic rings. The van der Waals surface area contributed by atoms with Gasteiger partial charge in [0.05, 0.1) is 10.9 Å². The van der Waals surface area contributed by atoms with Crippen molar-refractivity contribution in [2.75, 3.05) is 20.6 Å². The van der Waals surface area contributed by atoms with Gasteiger partial charge in [0.1, 0.15) is 0 Å². The van der Waals surface area contributed by atoms with Crippen LogP contribution in [0.4, 0.5) is 0 Å². The minimum atomic E-state index is 0.00778. The minimum Gasteiger partial charge on any atom is -0.349 e. The zero-order valence-corrected chi connectivity index (χ0v) is 12.1. The molecule has 3 nitrogen and oxygen atoms in total. The van der Waals surface area contributed by atoms with Crippen LogP contribution in [0.25, 0.3) is 0 Å². The molecule has 0 spiro atoms. The predicted molar refractivity (Wildman–Crippen MR) is 77.4 cm³/mol. The van der Waals surface area contributed by atoms with Crippen molar-refractivity contribution in [2.45, 2.75) is 6.04 Å². The van der Waals surface area contributed by atoms with Crippen LogP contribution in [-0.2, 0) is 0 Å². The van der Waals surface area contributed by atoms with Gasteiger partial charge in [-0.05, 0) is 37.0 Å². The molecule has 2 rings (SSSR count). The van der Waals surface area contributed by atoms with Crippen LogP contribution >= 0.6 is 22.7 Å². The first-order chi connectivity index (χ1) is 8.68. The Labute approximate surface area is 115 Å². The summed E-state index contributed by atoms with van der Waals surface area (Å²) in [6.07, 6.45) is 0. The number of hydrogen-bond acceptors (Lipinski definition) is 4. The second-order valence-corrected chi connectivity index (χ2v) is 6.11. The van der Waals surface area contributed by atoms with Crippen LogP contribution < -0.4 is 5.32 Å². The van der Waals surface area contributed by atoms with Gasteiger partial charge in [-0.1, -0.05) is 12.1 Å². The third-order valence-corrected chi connectivity index (χ3v) is 4.54. The summed E-state index contributed by atoms with van der Waals surface area (Å²) in [6, 6.07) is 8.11. The Kier molecular flexibility index (Phi) is 4.52. The highest BCUT2D eigenvalue weighted by atomic mass is 32.1. The molecule has 0 fully saturated rings. The van der Waals surface area contributed by atoms with E-state index in [1.807, 2.05) is 37.7 Å². The SMILES string of the molecule is CN(C)[C@@H](CNC(=O)c1cccs1)c1cccs1. The number of hydrogen-bond donors (Lipinski definition) is 1. The van der Waals surface area contributed by atoms with E-state index in [0.717, 1.165) is 4.88 Å². The number of likely N-dealkylation sites (N-methyl/N-ethyl adjacent to an activating group) is 1. The maximum atomic E-state index is 11.9. The van der Waals surface area contributed by atoms with E-state index in [1.165, 1.54) is 16.2 Å². The molecule has 0 aliphatic carbocycles. The summed E-state index contributed by atoms with van der Waals surface area (Å²) >= 11 is 3.18. The summed E-state index contributed by atoms with van der Waals surface area (Å²) < 4.78 is 0. The van der Waals surface area contributed by atoms with Crippen molar-refractivity contribution in [1.29, 1.82) is 0 Å². The molecule has 0 saturated carbocycles. The first-order valence-corrected chi connectivity index (χ1v) is 7.46. The molecule has 5 heteroatoms. The summed E-state index contributed by atoms with van der Waals surface area (Å²) in [4.78, 5) is 16.0. The summed E-state index contributed by atoms with van der Waals surface area (Å²) in [6.45, 7) is 0.629. The molecular formula is C13H16N2OS2. The number of carbonyl (C=O) groups excluding carboxylic acids is 1. The van der Waals surface area contributed by atoms with Gasteiger partial charge in [-0.25, -0.2) is 0 Å². The Morgan fingerprint density at radius 3 is 2.56 bits per heavy atom. The average molecular weight is 280 g/mol. The third-order valence-electron chi connectivity index (χ3n) is 2.70. The van der Waals surface area contributed by atoms with Crippen molar-refractivity contribution in [3.8, 4) is 0 Å². The lowest BCUT2D eigenvalue weighted by atomic mass is 10.2. The van der Waals surface area contributed by atoms with E-state index in [9.17, 15) is 4.79 Å². The van der Waals surface area contributed by atoms with Crippen LogP contribution in [0.1, 0.15) is 20.6 Å². The molecule has 0 aliphatic heterocycles. The molecule has 2 aromatic heterocycles. The van der Waals surface area contributed by atoms with Crippen molar-refractivity contribution in [1.82, 2.24) is 10.2 Å². The highest BCUT2D eigenvalue weighted by Gasteiger charge is 2.16. The zero-order valence-electron chi connectivity index (χ0n) is 10.4. The minimum absolute atomic E-state index is 0.00778. The van der Waals surface area contributed by atoms with E-state index in [4.69, 9.17) is 0 Å².